The molecule has 1 atom stereocenters. The number of hydrogen-bond donors (Lipinski definition) is 3. The van der Waals surface area contributed by atoms with Crippen molar-refractivity contribution in [1.29, 1.82) is 0 Å². The summed E-state index contributed by atoms with van der Waals surface area (Å²) in [4.78, 5) is 41.0. The number of aromatic nitrogens is 1. The molecular formula is C21H33N5O5. The number of nitrogens with two attached hydrogens (primary N) is 1. The van der Waals surface area contributed by atoms with Crippen LogP contribution in [0.3, 0.4) is 0 Å². The van der Waals surface area contributed by atoms with Gasteiger partial charge in [-0.25, -0.2) is 9.78 Å². The summed E-state index contributed by atoms with van der Waals surface area (Å²) in [7, 11) is 1.36. The summed E-state index contributed by atoms with van der Waals surface area (Å²) < 4.78 is 4.82. The fourth-order valence-corrected chi connectivity index (χ4v) is 4.08. The van der Waals surface area contributed by atoms with E-state index in [9.17, 15) is 9.59 Å². The third kappa shape index (κ3) is 7.39. The minimum atomic E-state index is -0.414. The van der Waals surface area contributed by atoms with Crippen molar-refractivity contribution in [3.05, 3.63) is 23.9 Å². The van der Waals surface area contributed by atoms with Crippen molar-refractivity contribution in [2.45, 2.75) is 44.7 Å². The number of ether oxygens (including phenoxy) is 1. The van der Waals surface area contributed by atoms with Gasteiger partial charge in [-0.05, 0) is 57.2 Å². The van der Waals surface area contributed by atoms with Crippen molar-refractivity contribution in [1.82, 2.24) is 20.1 Å². The van der Waals surface area contributed by atoms with Crippen molar-refractivity contribution in [2.75, 3.05) is 39.0 Å². The lowest BCUT2D eigenvalue weighted by atomic mass is 9.95. The lowest BCUT2D eigenvalue weighted by Crippen LogP contribution is -2.52. The molecule has 3 heterocycles. The number of nitrogens with zero attached hydrogens (tertiary/aromatic N) is 3. The Balaban J connectivity index is 0.00000107. The van der Waals surface area contributed by atoms with E-state index in [-0.39, 0.29) is 12.4 Å². The van der Waals surface area contributed by atoms with Crippen LogP contribution in [0.4, 0.5) is 10.6 Å². The van der Waals surface area contributed by atoms with Gasteiger partial charge in [0.05, 0.1) is 7.11 Å². The number of hydrogen-bond acceptors (Lipinski definition) is 7. The van der Waals surface area contributed by atoms with E-state index in [4.69, 9.17) is 20.4 Å². The second-order valence-electron chi connectivity index (χ2n) is 7.79. The smallest absolute Gasteiger partial charge is 0.410 e. The summed E-state index contributed by atoms with van der Waals surface area (Å²) in [5.74, 6) is 0.997. The van der Waals surface area contributed by atoms with Crippen LogP contribution in [0.2, 0.25) is 0 Å². The molecule has 3 rings (SSSR count). The third-order valence-corrected chi connectivity index (χ3v) is 5.81. The predicted molar refractivity (Wildman–Crippen MR) is 115 cm³/mol. The monoisotopic (exact) mass is 435 g/mol. The van der Waals surface area contributed by atoms with E-state index < -0.39 is 12.1 Å². The SMILES string of the molecule is COC(=O)N1CCCCC1C(=O)NCC1CCN(Cc2cccnc2N)CC1.O=CO. The number of carboxylic acid groups (broad SMARTS) is 1. The number of likely N-dealkylation sites (tertiary alicyclic amines) is 2. The van der Waals surface area contributed by atoms with Crippen LogP contribution in [-0.2, 0) is 20.9 Å². The van der Waals surface area contributed by atoms with Gasteiger partial charge in [-0.2, -0.15) is 0 Å². The van der Waals surface area contributed by atoms with Crippen LogP contribution in [0.25, 0.3) is 0 Å². The lowest BCUT2D eigenvalue weighted by molar-refractivity contribution is -0.127. The summed E-state index contributed by atoms with van der Waals surface area (Å²) in [5, 5.41) is 9.96. The molecule has 0 spiro atoms. The lowest BCUT2D eigenvalue weighted by Gasteiger charge is -2.35. The first-order valence-electron chi connectivity index (χ1n) is 10.6. The van der Waals surface area contributed by atoms with Crippen molar-refractivity contribution < 1.29 is 24.2 Å². The van der Waals surface area contributed by atoms with E-state index in [1.165, 1.54) is 7.11 Å². The molecule has 0 aromatic carbocycles. The quantitative estimate of drug-likeness (QED) is 0.589. The maximum absolute atomic E-state index is 12.6. The zero-order chi connectivity index (χ0) is 22.6. The van der Waals surface area contributed by atoms with Gasteiger partial charge in [0.15, 0.2) is 0 Å². The molecule has 1 aromatic rings. The highest BCUT2D eigenvalue weighted by Crippen LogP contribution is 2.21. The molecule has 10 heteroatoms. The molecule has 2 aliphatic rings. The summed E-state index contributed by atoms with van der Waals surface area (Å²) in [6.45, 7) is 3.77. The summed E-state index contributed by atoms with van der Waals surface area (Å²) >= 11 is 0. The highest BCUT2D eigenvalue weighted by molar-refractivity contribution is 5.85. The minimum absolute atomic E-state index is 0.0596. The van der Waals surface area contributed by atoms with Crippen molar-refractivity contribution in [2.24, 2.45) is 5.92 Å². The first kappa shape index (κ1) is 24.4. The molecule has 1 aromatic heterocycles. The largest absolute Gasteiger partial charge is 0.483 e. The molecule has 0 saturated carbocycles. The summed E-state index contributed by atoms with van der Waals surface area (Å²) in [6, 6.07) is 3.53. The van der Waals surface area contributed by atoms with E-state index in [2.05, 4.69) is 15.2 Å². The standard InChI is InChI=1S/C20H31N5O3.CH2O2/c1-28-20(27)25-10-3-2-6-17(25)19(26)23-13-15-7-11-24(12-8-15)14-16-5-4-9-22-18(16)21;2-1-3/h4-5,9,15,17H,2-3,6-8,10-14H2,1H3,(H2,21,22)(H,23,26);1H,(H,2,3). The number of carbonyl (C=O) groups is 3. The molecule has 4 N–H and O–H groups in total. The number of nitrogens with one attached hydrogen (secondary N) is 1. The molecule has 2 aliphatic heterocycles. The van der Waals surface area contributed by atoms with Crippen LogP contribution in [0.1, 0.15) is 37.7 Å². The maximum atomic E-state index is 12.6. The van der Waals surface area contributed by atoms with Gasteiger partial charge in [0.25, 0.3) is 6.47 Å². The number of rotatable bonds is 5. The highest BCUT2D eigenvalue weighted by Gasteiger charge is 2.33. The van der Waals surface area contributed by atoms with Crippen LogP contribution >= 0.6 is 0 Å². The third-order valence-electron chi connectivity index (χ3n) is 5.81. The Bertz CT molecular complexity index is 724. The van der Waals surface area contributed by atoms with Crippen molar-refractivity contribution in [3.8, 4) is 0 Å². The topological polar surface area (TPSA) is 138 Å². The molecular weight excluding hydrogens is 402 g/mol. The Morgan fingerprint density at radius 3 is 2.65 bits per heavy atom. The summed E-state index contributed by atoms with van der Waals surface area (Å²) in [6.07, 6.45) is 5.94. The molecule has 1 unspecified atom stereocenters. The molecule has 2 saturated heterocycles. The number of amides is 2. The first-order valence-corrected chi connectivity index (χ1v) is 10.6. The van der Waals surface area contributed by atoms with E-state index in [0.29, 0.717) is 31.2 Å². The Kier molecular flexibility index (Phi) is 10.0. The zero-order valence-corrected chi connectivity index (χ0v) is 18.0. The van der Waals surface area contributed by atoms with Crippen molar-refractivity contribution in [3.63, 3.8) is 0 Å². The molecule has 10 nitrogen and oxygen atoms in total. The molecule has 0 bridgehead atoms. The first-order chi connectivity index (χ1) is 15.0. The van der Waals surface area contributed by atoms with Gasteiger partial charge in [-0.15, -0.1) is 0 Å². The molecule has 2 amide bonds. The number of piperidine rings is 2. The fourth-order valence-electron chi connectivity index (χ4n) is 4.08. The summed E-state index contributed by atoms with van der Waals surface area (Å²) in [5.41, 5.74) is 7.00. The zero-order valence-electron chi connectivity index (χ0n) is 18.0. The van der Waals surface area contributed by atoms with E-state index in [1.807, 2.05) is 12.1 Å². The van der Waals surface area contributed by atoms with Crippen LogP contribution < -0.4 is 11.1 Å². The molecule has 31 heavy (non-hydrogen) atoms. The van der Waals surface area contributed by atoms with Crippen LogP contribution in [0.5, 0.6) is 0 Å². The maximum Gasteiger partial charge on any atom is 0.410 e. The fraction of sp³-hybridized carbons (Fsp3) is 0.619. The molecule has 0 radical (unpaired) electrons. The number of methoxy groups -OCH3 is 1. The average Bonchev–Trinajstić information content (AvgIpc) is 2.80. The number of nitrogen functional groups attached to an aromatic ring is 1. The highest BCUT2D eigenvalue weighted by atomic mass is 16.5. The average molecular weight is 436 g/mol. The number of anilines is 1. The minimum Gasteiger partial charge on any atom is -0.483 e. The van der Waals surface area contributed by atoms with Gasteiger partial charge in [-0.1, -0.05) is 6.07 Å². The van der Waals surface area contributed by atoms with Gasteiger partial charge < -0.3 is 20.9 Å². The Hall–Kier alpha value is -2.88. The Morgan fingerprint density at radius 2 is 2.00 bits per heavy atom. The van der Waals surface area contributed by atoms with Crippen molar-refractivity contribution >= 4 is 24.3 Å². The van der Waals surface area contributed by atoms with Gasteiger partial charge in [0, 0.05) is 31.4 Å². The molecule has 0 aliphatic carbocycles. The Labute approximate surface area is 182 Å². The van der Waals surface area contributed by atoms with Crippen LogP contribution in [0.15, 0.2) is 18.3 Å². The van der Waals surface area contributed by atoms with Gasteiger partial charge in [0.2, 0.25) is 5.91 Å². The normalized spacial score (nSPS) is 19.6. The molecule has 2 fully saturated rings. The number of carbonyl (C=O) groups excluding carboxylic acids is 2. The number of pyridine rings is 1. The molecule has 172 valence electrons. The van der Waals surface area contributed by atoms with Crippen LogP contribution in [0, 0.1) is 5.92 Å². The van der Waals surface area contributed by atoms with Gasteiger partial charge in [-0.3, -0.25) is 19.4 Å². The van der Waals surface area contributed by atoms with Gasteiger partial charge >= 0.3 is 6.09 Å². The van der Waals surface area contributed by atoms with Crippen LogP contribution in [-0.4, -0.2) is 77.7 Å². The van der Waals surface area contributed by atoms with Gasteiger partial charge in [0.1, 0.15) is 11.9 Å². The Morgan fingerprint density at radius 1 is 1.29 bits per heavy atom. The predicted octanol–water partition coefficient (Wildman–Crippen LogP) is 1.31. The van der Waals surface area contributed by atoms with E-state index in [0.717, 1.165) is 50.9 Å². The second kappa shape index (κ2) is 12.7. The van der Waals surface area contributed by atoms with E-state index in [1.54, 1.807) is 11.1 Å². The van der Waals surface area contributed by atoms with E-state index >= 15 is 0 Å². The second-order valence-corrected chi connectivity index (χ2v) is 7.79.